The van der Waals surface area contributed by atoms with Gasteiger partial charge >= 0.3 is 29.2 Å². The first-order valence-corrected chi connectivity index (χ1v) is 20.6. The van der Waals surface area contributed by atoms with Gasteiger partial charge in [0.05, 0.1) is 10.3 Å². The number of fused-ring (bicyclic) bond motifs is 1. The Labute approximate surface area is 260 Å². The zero-order chi connectivity index (χ0) is 27.1. The van der Waals surface area contributed by atoms with Crippen LogP contribution in [0.15, 0.2) is 42.5 Å². The van der Waals surface area contributed by atoms with E-state index in [4.69, 9.17) is 0 Å². The van der Waals surface area contributed by atoms with Gasteiger partial charge in [0.25, 0.3) is 0 Å². The van der Waals surface area contributed by atoms with Crippen LogP contribution in [0.4, 0.5) is 0 Å². The van der Waals surface area contributed by atoms with Gasteiger partial charge in [0.2, 0.25) is 0 Å². The summed E-state index contributed by atoms with van der Waals surface area (Å²) < 4.78 is 0. The normalized spacial score (nSPS) is 41.4. The molecule has 0 spiro atoms. The molecule has 0 unspecified atom stereocenters. The van der Waals surface area contributed by atoms with Crippen LogP contribution in [0, 0.1) is 35.5 Å². The van der Waals surface area contributed by atoms with Crippen LogP contribution in [0.2, 0.25) is 0 Å². The second-order valence-corrected chi connectivity index (χ2v) is 19.2. The molecule has 40 heavy (non-hydrogen) atoms. The van der Waals surface area contributed by atoms with Crippen molar-refractivity contribution >= 4 is 22.4 Å². The standard InChI is InChI=1S/C36H46NP.Au.ClH/c1-37-10-9-31-30(23-37)5-4-7-32(31)33-6-2-3-8-34(33)38(35-17-24-11-25(18-35)13-26(12-24)19-35)36-20-27-14-28(21-36)16-29(15-27)22-36;;/h2-8,24-29H,9-23H2,1H3;;1H/q;+1;. The first-order valence-electron chi connectivity index (χ1n) is 16.4. The van der Waals surface area contributed by atoms with Crippen molar-refractivity contribution in [2.24, 2.45) is 35.5 Å². The van der Waals surface area contributed by atoms with Crippen LogP contribution in [0.1, 0.15) is 88.2 Å². The Bertz CT molecular complexity index is 1160. The van der Waals surface area contributed by atoms with Gasteiger partial charge in [-0.2, -0.15) is 0 Å². The van der Waals surface area contributed by atoms with Gasteiger partial charge < -0.3 is 4.90 Å². The number of hydrogen-bond donors (Lipinski definition) is 0. The van der Waals surface area contributed by atoms with E-state index in [1.54, 1.807) is 119 Å². The molecular weight excluding hydrogens is 710 g/mol. The molecule has 1 aliphatic heterocycles. The Morgan fingerprint density at radius 3 is 1.68 bits per heavy atom. The molecule has 8 bridgehead atoms. The van der Waals surface area contributed by atoms with Crippen molar-refractivity contribution in [3.8, 4) is 11.1 Å². The number of benzene rings is 2. The fourth-order valence-electron chi connectivity index (χ4n) is 12.9. The fraction of sp³-hybridized carbons (Fsp3) is 0.667. The van der Waals surface area contributed by atoms with Crippen molar-refractivity contribution in [2.75, 3.05) is 13.6 Å². The zero-order valence-electron chi connectivity index (χ0n) is 24.2. The molecule has 2 aromatic rings. The summed E-state index contributed by atoms with van der Waals surface area (Å²) in [5.41, 5.74) is 6.55. The van der Waals surface area contributed by atoms with Gasteiger partial charge in [-0.3, -0.25) is 0 Å². The first kappa shape index (κ1) is 27.4. The summed E-state index contributed by atoms with van der Waals surface area (Å²) in [5.74, 6) is 6.35. The predicted octanol–water partition coefficient (Wildman–Crippen LogP) is 8.81. The average molecular weight is 757 g/mol. The SMILES string of the molecule is CN1CCc2c(cccc2-c2ccccc2[PH+](C23CC4CC(CC(C4)C2)C3)C23CC4CC(CC(C4)C2)C3)C1.[Cl][Au]. The molecule has 0 atom stereocenters. The second-order valence-electron chi connectivity index (χ2n) is 15.7. The predicted molar refractivity (Wildman–Crippen MR) is 168 cm³/mol. The molecule has 4 heteroatoms. The third kappa shape index (κ3) is 4.42. The van der Waals surface area contributed by atoms with Crippen LogP contribution in [0.5, 0.6) is 0 Å². The molecule has 11 rings (SSSR count). The molecule has 9 aliphatic rings. The average Bonchev–Trinajstić information content (AvgIpc) is 2.92. The van der Waals surface area contributed by atoms with Crippen LogP contribution < -0.4 is 5.30 Å². The third-order valence-corrected chi connectivity index (χ3v) is 17.4. The molecule has 0 amide bonds. The van der Waals surface area contributed by atoms with Crippen molar-refractivity contribution in [3.63, 3.8) is 0 Å². The monoisotopic (exact) mass is 756 g/mol. The molecule has 8 aliphatic carbocycles. The Morgan fingerprint density at radius 1 is 0.675 bits per heavy atom. The summed E-state index contributed by atoms with van der Waals surface area (Å²) in [4.78, 5) is 2.51. The molecule has 218 valence electrons. The van der Waals surface area contributed by atoms with E-state index in [0.29, 0.717) is 10.3 Å². The quantitative estimate of drug-likeness (QED) is 0.223. The Morgan fingerprint density at radius 2 is 1.15 bits per heavy atom. The number of nitrogens with zero attached hydrogens (tertiary/aromatic N) is 1. The maximum atomic E-state index is 4.58. The number of hydrogen-bond acceptors (Lipinski definition) is 1. The molecule has 0 saturated heterocycles. The molecule has 1 nitrogen and oxygen atoms in total. The summed E-state index contributed by atoms with van der Waals surface area (Å²) in [7, 11) is 6.15. The minimum atomic E-state index is -0.734. The summed E-state index contributed by atoms with van der Waals surface area (Å²) in [6, 6.07) is 17.4. The zero-order valence-corrected chi connectivity index (χ0v) is 28.2. The molecule has 0 aromatic heterocycles. The molecular formula is C36H47AuClNP+. The van der Waals surface area contributed by atoms with Gasteiger partial charge in [-0.05, 0) is 149 Å². The van der Waals surface area contributed by atoms with Gasteiger partial charge in [-0.15, -0.1) is 0 Å². The third-order valence-electron chi connectivity index (χ3n) is 13.1. The van der Waals surface area contributed by atoms with Crippen LogP contribution in [-0.4, -0.2) is 28.8 Å². The van der Waals surface area contributed by atoms with Crippen molar-refractivity contribution in [1.29, 1.82) is 0 Å². The van der Waals surface area contributed by atoms with Crippen molar-refractivity contribution < 1.29 is 20.0 Å². The molecule has 0 radical (unpaired) electrons. The topological polar surface area (TPSA) is 3.24 Å². The van der Waals surface area contributed by atoms with Gasteiger partial charge in [0.15, 0.2) is 0 Å². The molecule has 2 aromatic carbocycles. The Hall–Kier alpha value is -0.140. The molecule has 8 fully saturated rings. The van der Waals surface area contributed by atoms with Crippen LogP contribution in [-0.2, 0) is 33.0 Å². The van der Waals surface area contributed by atoms with Crippen LogP contribution >= 0.6 is 17.1 Å². The fourth-order valence-corrected chi connectivity index (χ4v) is 18.9. The number of rotatable bonds is 4. The van der Waals surface area contributed by atoms with E-state index < -0.39 is 7.92 Å². The van der Waals surface area contributed by atoms with Crippen molar-refractivity contribution in [3.05, 3.63) is 53.6 Å². The number of halogens is 1. The minimum absolute atomic E-state index is 0.677. The Balaban J connectivity index is 0.00000120. The van der Waals surface area contributed by atoms with Gasteiger partial charge in [-0.1, -0.05) is 36.4 Å². The van der Waals surface area contributed by atoms with Gasteiger partial charge in [0.1, 0.15) is 5.30 Å². The summed E-state index contributed by atoms with van der Waals surface area (Å²) in [6.45, 7) is 2.32. The van der Waals surface area contributed by atoms with Gasteiger partial charge in [0, 0.05) is 26.6 Å². The molecule has 0 N–H and O–H groups in total. The Kier molecular flexibility index (Phi) is 7.19. The van der Waals surface area contributed by atoms with Crippen molar-refractivity contribution in [2.45, 2.75) is 100 Å². The second kappa shape index (κ2) is 10.5. The molecule has 8 saturated carbocycles. The first-order chi connectivity index (χ1) is 19.6. The van der Waals surface area contributed by atoms with E-state index in [2.05, 4.69) is 63.6 Å². The number of likely N-dealkylation sites (N-methyl/N-ethyl adjacent to an activating group) is 1. The van der Waals surface area contributed by atoms with Gasteiger partial charge in [-0.25, -0.2) is 0 Å². The van der Waals surface area contributed by atoms with E-state index in [1.807, 2.05) is 5.30 Å². The summed E-state index contributed by atoms with van der Waals surface area (Å²) in [5, 5.41) is 3.25. The van der Waals surface area contributed by atoms with Crippen LogP contribution in [0.25, 0.3) is 11.1 Å². The van der Waals surface area contributed by atoms with Crippen LogP contribution in [0.3, 0.4) is 0 Å². The van der Waals surface area contributed by atoms with E-state index in [-0.39, 0.29) is 0 Å². The van der Waals surface area contributed by atoms with Crippen molar-refractivity contribution in [1.82, 2.24) is 4.90 Å². The van der Waals surface area contributed by atoms with E-state index in [9.17, 15) is 0 Å². The summed E-state index contributed by atoms with van der Waals surface area (Å²) in [6.07, 6.45) is 20.3. The maximum absolute atomic E-state index is 4.58. The van der Waals surface area contributed by atoms with E-state index in [1.165, 1.54) is 13.0 Å². The summed E-state index contributed by atoms with van der Waals surface area (Å²) >= 11 is 1.75. The van der Waals surface area contributed by atoms with E-state index in [0.717, 1.165) is 42.1 Å². The molecule has 1 heterocycles. The van der Waals surface area contributed by atoms with E-state index >= 15 is 0 Å².